The van der Waals surface area contributed by atoms with Crippen LogP contribution in [0.3, 0.4) is 0 Å². The van der Waals surface area contributed by atoms with E-state index in [1.54, 1.807) is 20.1 Å². The lowest BCUT2D eigenvalue weighted by Gasteiger charge is -2.29. The minimum atomic E-state index is -0.941. The first kappa shape index (κ1) is 16.7. The summed E-state index contributed by atoms with van der Waals surface area (Å²) < 4.78 is 10.7. The Bertz CT molecular complexity index is 424. The number of aryl methyl sites for hydroxylation is 1. The molecule has 1 heterocycles. The summed E-state index contributed by atoms with van der Waals surface area (Å²) in [5, 5.41) is 9.06. The van der Waals surface area contributed by atoms with E-state index < -0.39 is 5.97 Å². The number of methoxy groups -OCH3 is 1. The fourth-order valence-corrected chi connectivity index (χ4v) is 2.44. The SMILES string of the molecule is CCC(CC)N(CCOC)Cc1cc(C(=O)O)c(C)o1. The average molecular weight is 283 g/mol. The van der Waals surface area contributed by atoms with E-state index in [9.17, 15) is 4.79 Å². The Balaban J connectivity index is 2.82. The minimum absolute atomic E-state index is 0.247. The van der Waals surface area contributed by atoms with Crippen LogP contribution in [0.1, 0.15) is 48.6 Å². The number of hydrogen-bond donors (Lipinski definition) is 1. The van der Waals surface area contributed by atoms with Crippen molar-refractivity contribution in [1.82, 2.24) is 4.90 Å². The van der Waals surface area contributed by atoms with Crippen LogP contribution in [-0.2, 0) is 11.3 Å². The summed E-state index contributed by atoms with van der Waals surface area (Å²) in [5.74, 6) is 0.218. The third-order valence-corrected chi connectivity index (χ3v) is 3.60. The minimum Gasteiger partial charge on any atom is -0.478 e. The fourth-order valence-electron chi connectivity index (χ4n) is 2.44. The van der Waals surface area contributed by atoms with Crippen LogP contribution in [0.2, 0.25) is 0 Å². The van der Waals surface area contributed by atoms with Gasteiger partial charge in [0.2, 0.25) is 0 Å². The first-order valence-corrected chi connectivity index (χ1v) is 7.09. The molecular formula is C15H25NO4. The monoisotopic (exact) mass is 283 g/mol. The second kappa shape index (κ2) is 8.07. The molecule has 5 nitrogen and oxygen atoms in total. The first-order chi connectivity index (χ1) is 9.53. The Morgan fingerprint density at radius 3 is 2.55 bits per heavy atom. The highest BCUT2D eigenvalue weighted by Crippen LogP contribution is 2.19. The molecule has 0 unspecified atom stereocenters. The van der Waals surface area contributed by atoms with Crippen LogP contribution < -0.4 is 0 Å². The van der Waals surface area contributed by atoms with E-state index in [0.717, 1.165) is 19.4 Å². The van der Waals surface area contributed by atoms with E-state index in [-0.39, 0.29) is 5.56 Å². The van der Waals surface area contributed by atoms with Gasteiger partial charge in [0.1, 0.15) is 17.1 Å². The van der Waals surface area contributed by atoms with Crippen LogP contribution >= 0.6 is 0 Å². The zero-order valence-electron chi connectivity index (χ0n) is 12.8. The second-order valence-corrected chi connectivity index (χ2v) is 4.92. The molecular weight excluding hydrogens is 258 g/mol. The molecule has 0 aliphatic rings. The number of carboxylic acids is 1. The summed E-state index contributed by atoms with van der Waals surface area (Å²) >= 11 is 0. The number of hydrogen-bond acceptors (Lipinski definition) is 4. The second-order valence-electron chi connectivity index (χ2n) is 4.92. The molecule has 1 rings (SSSR count). The first-order valence-electron chi connectivity index (χ1n) is 7.09. The fraction of sp³-hybridized carbons (Fsp3) is 0.667. The molecule has 0 radical (unpaired) electrons. The van der Waals surface area contributed by atoms with Gasteiger partial charge < -0.3 is 14.3 Å². The Labute approximate surface area is 120 Å². The maximum Gasteiger partial charge on any atom is 0.339 e. The van der Waals surface area contributed by atoms with E-state index in [0.29, 0.717) is 30.7 Å². The lowest BCUT2D eigenvalue weighted by molar-refractivity contribution is 0.0695. The molecule has 0 amide bonds. The van der Waals surface area contributed by atoms with Gasteiger partial charge in [0.25, 0.3) is 0 Å². The molecule has 0 saturated carbocycles. The lowest BCUT2D eigenvalue weighted by atomic mass is 10.1. The molecule has 0 aliphatic heterocycles. The number of aromatic carboxylic acids is 1. The average Bonchev–Trinajstić information content (AvgIpc) is 2.78. The molecule has 1 aromatic heterocycles. The van der Waals surface area contributed by atoms with Crippen LogP contribution in [0.25, 0.3) is 0 Å². The summed E-state index contributed by atoms with van der Waals surface area (Å²) in [6.45, 7) is 8.08. The Morgan fingerprint density at radius 2 is 2.10 bits per heavy atom. The zero-order valence-corrected chi connectivity index (χ0v) is 12.8. The summed E-state index contributed by atoms with van der Waals surface area (Å²) in [4.78, 5) is 13.3. The highest BCUT2D eigenvalue weighted by molar-refractivity contribution is 5.88. The van der Waals surface area contributed by atoms with Crippen LogP contribution in [0.5, 0.6) is 0 Å². The van der Waals surface area contributed by atoms with E-state index in [1.165, 1.54) is 0 Å². The van der Waals surface area contributed by atoms with Gasteiger partial charge in [-0.3, -0.25) is 4.90 Å². The van der Waals surface area contributed by atoms with Crippen molar-refractivity contribution in [2.45, 2.75) is 46.2 Å². The molecule has 0 saturated heterocycles. The molecule has 0 atom stereocenters. The van der Waals surface area contributed by atoms with Crippen molar-refractivity contribution < 1.29 is 19.1 Å². The van der Waals surface area contributed by atoms with Gasteiger partial charge in [-0.2, -0.15) is 0 Å². The molecule has 20 heavy (non-hydrogen) atoms. The van der Waals surface area contributed by atoms with Gasteiger partial charge in [0.05, 0.1) is 13.2 Å². The molecule has 0 fully saturated rings. The summed E-state index contributed by atoms with van der Waals surface area (Å²) in [6.07, 6.45) is 2.09. The number of carboxylic acid groups (broad SMARTS) is 1. The van der Waals surface area contributed by atoms with Crippen LogP contribution in [0.4, 0.5) is 0 Å². The highest BCUT2D eigenvalue weighted by atomic mass is 16.5. The molecule has 1 N–H and O–H groups in total. The predicted octanol–water partition coefficient (Wildman–Crippen LogP) is 2.92. The van der Waals surface area contributed by atoms with E-state index in [2.05, 4.69) is 18.7 Å². The number of carbonyl (C=O) groups is 1. The van der Waals surface area contributed by atoms with Crippen molar-refractivity contribution in [2.24, 2.45) is 0 Å². The Morgan fingerprint density at radius 1 is 1.45 bits per heavy atom. The normalized spacial score (nSPS) is 11.5. The number of furan rings is 1. The lowest BCUT2D eigenvalue weighted by Crippen LogP contribution is -2.36. The Kier molecular flexibility index (Phi) is 6.75. The largest absolute Gasteiger partial charge is 0.478 e. The topological polar surface area (TPSA) is 62.9 Å². The van der Waals surface area contributed by atoms with Gasteiger partial charge in [0.15, 0.2) is 0 Å². The van der Waals surface area contributed by atoms with Crippen molar-refractivity contribution >= 4 is 5.97 Å². The third-order valence-electron chi connectivity index (χ3n) is 3.60. The summed E-state index contributed by atoms with van der Waals surface area (Å²) in [5.41, 5.74) is 0.247. The van der Waals surface area contributed by atoms with Crippen LogP contribution in [0, 0.1) is 6.92 Å². The van der Waals surface area contributed by atoms with E-state index >= 15 is 0 Å². The maximum atomic E-state index is 11.0. The molecule has 1 aromatic rings. The van der Waals surface area contributed by atoms with Gasteiger partial charge in [-0.25, -0.2) is 4.79 Å². The Hall–Kier alpha value is -1.33. The predicted molar refractivity (Wildman–Crippen MR) is 77.1 cm³/mol. The standard InChI is InChI=1S/C15H25NO4/c1-5-12(6-2)16(7-8-19-4)10-13-9-14(15(17)18)11(3)20-13/h9,12H,5-8,10H2,1-4H3,(H,17,18). The maximum absolute atomic E-state index is 11.0. The molecule has 0 bridgehead atoms. The molecule has 5 heteroatoms. The van der Waals surface area contributed by atoms with Gasteiger partial charge in [0, 0.05) is 19.7 Å². The summed E-state index contributed by atoms with van der Waals surface area (Å²) in [6, 6.07) is 2.07. The molecule has 114 valence electrons. The van der Waals surface area contributed by atoms with Gasteiger partial charge in [-0.1, -0.05) is 13.8 Å². The van der Waals surface area contributed by atoms with Crippen molar-refractivity contribution in [2.75, 3.05) is 20.3 Å². The third kappa shape index (κ3) is 4.35. The summed E-state index contributed by atoms with van der Waals surface area (Å²) in [7, 11) is 1.69. The highest BCUT2D eigenvalue weighted by Gasteiger charge is 2.19. The van der Waals surface area contributed by atoms with E-state index in [1.807, 2.05) is 0 Å². The van der Waals surface area contributed by atoms with Crippen molar-refractivity contribution in [3.8, 4) is 0 Å². The number of rotatable bonds is 9. The van der Waals surface area contributed by atoms with Crippen molar-refractivity contribution in [3.05, 3.63) is 23.2 Å². The number of ether oxygens (including phenoxy) is 1. The van der Waals surface area contributed by atoms with Crippen molar-refractivity contribution in [3.63, 3.8) is 0 Å². The van der Waals surface area contributed by atoms with E-state index in [4.69, 9.17) is 14.3 Å². The molecule has 0 aliphatic carbocycles. The zero-order chi connectivity index (χ0) is 15.1. The smallest absolute Gasteiger partial charge is 0.339 e. The van der Waals surface area contributed by atoms with Crippen LogP contribution in [0.15, 0.2) is 10.5 Å². The van der Waals surface area contributed by atoms with Crippen LogP contribution in [-0.4, -0.2) is 42.3 Å². The number of nitrogens with zero attached hydrogens (tertiary/aromatic N) is 1. The quantitative estimate of drug-likeness (QED) is 0.755. The van der Waals surface area contributed by atoms with Gasteiger partial charge in [-0.15, -0.1) is 0 Å². The van der Waals surface area contributed by atoms with Crippen molar-refractivity contribution in [1.29, 1.82) is 0 Å². The molecule has 0 aromatic carbocycles. The van der Waals surface area contributed by atoms with Gasteiger partial charge >= 0.3 is 5.97 Å². The van der Waals surface area contributed by atoms with Gasteiger partial charge in [-0.05, 0) is 25.8 Å². The molecule has 0 spiro atoms.